The van der Waals surface area contributed by atoms with Crippen molar-refractivity contribution >= 4 is 11.9 Å². The predicted octanol–water partition coefficient (Wildman–Crippen LogP) is 1.14. The first-order chi connectivity index (χ1) is 9.02. The topological polar surface area (TPSA) is 93.1 Å². The van der Waals surface area contributed by atoms with Gasteiger partial charge in [-0.15, -0.1) is 0 Å². The van der Waals surface area contributed by atoms with Gasteiger partial charge >= 0.3 is 11.9 Å². The van der Waals surface area contributed by atoms with Crippen molar-refractivity contribution in [3.8, 4) is 11.5 Å². The lowest BCUT2D eigenvalue weighted by Crippen LogP contribution is -2.10. The Morgan fingerprint density at radius 3 is 2.42 bits per heavy atom. The van der Waals surface area contributed by atoms with Crippen molar-refractivity contribution in [2.45, 2.75) is 19.3 Å². The highest BCUT2D eigenvalue weighted by atomic mass is 16.5. The Hall–Kier alpha value is -2.24. The van der Waals surface area contributed by atoms with Gasteiger partial charge in [-0.3, -0.25) is 9.59 Å². The van der Waals surface area contributed by atoms with Gasteiger partial charge < -0.3 is 19.7 Å². The van der Waals surface area contributed by atoms with Crippen LogP contribution in [-0.4, -0.2) is 35.9 Å². The van der Waals surface area contributed by atoms with Gasteiger partial charge in [0.15, 0.2) is 11.5 Å². The first-order valence-corrected chi connectivity index (χ1v) is 5.76. The fraction of sp³-hybridized carbons (Fsp3) is 0.385. The SMILES string of the molecule is COC(=O)CCC(=O)OCCc1ccc(O)c(O)c1. The Balaban J connectivity index is 2.28. The maximum atomic E-state index is 11.3. The predicted molar refractivity (Wildman–Crippen MR) is 65.7 cm³/mol. The molecule has 0 fully saturated rings. The molecule has 6 nitrogen and oxygen atoms in total. The molecule has 0 heterocycles. The third-order valence-corrected chi connectivity index (χ3v) is 2.45. The Labute approximate surface area is 110 Å². The summed E-state index contributed by atoms with van der Waals surface area (Å²) >= 11 is 0. The first kappa shape index (κ1) is 14.8. The molecule has 0 atom stereocenters. The summed E-state index contributed by atoms with van der Waals surface area (Å²) < 4.78 is 9.32. The Bertz CT molecular complexity index is 454. The minimum atomic E-state index is -0.478. The van der Waals surface area contributed by atoms with Gasteiger partial charge in [0.05, 0.1) is 26.6 Å². The fourth-order valence-corrected chi connectivity index (χ4v) is 1.39. The van der Waals surface area contributed by atoms with E-state index in [4.69, 9.17) is 9.84 Å². The van der Waals surface area contributed by atoms with Crippen LogP contribution in [0.2, 0.25) is 0 Å². The number of methoxy groups -OCH3 is 1. The molecule has 0 spiro atoms. The molecular formula is C13H16O6. The summed E-state index contributed by atoms with van der Waals surface area (Å²) in [6.45, 7) is 0.143. The van der Waals surface area contributed by atoms with E-state index < -0.39 is 11.9 Å². The lowest BCUT2D eigenvalue weighted by Gasteiger charge is -2.05. The van der Waals surface area contributed by atoms with E-state index in [-0.39, 0.29) is 30.9 Å². The van der Waals surface area contributed by atoms with Gasteiger partial charge in [-0.2, -0.15) is 0 Å². The minimum absolute atomic E-state index is 0.00463. The summed E-state index contributed by atoms with van der Waals surface area (Å²) in [4.78, 5) is 22.1. The normalized spacial score (nSPS) is 9.95. The van der Waals surface area contributed by atoms with Gasteiger partial charge in [-0.05, 0) is 17.7 Å². The third kappa shape index (κ3) is 5.29. The summed E-state index contributed by atoms with van der Waals surface area (Å²) in [6.07, 6.45) is 0.390. The van der Waals surface area contributed by atoms with Crippen LogP contribution in [-0.2, 0) is 25.5 Å². The molecule has 0 aromatic heterocycles. The van der Waals surface area contributed by atoms with E-state index in [2.05, 4.69) is 4.74 Å². The zero-order valence-corrected chi connectivity index (χ0v) is 10.6. The van der Waals surface area contributed by atoms with Crippen LogP contribution in [0.1, 0.15) is 18.4 Å². The largest absolute Gasteiger partial charge is 0.504 e. The summed E-state index contributed by atoms with van der Waals surface area (Å²) in [5.41, 5.74) is 0.732. The van der Waals surface area contributed by atoms with E-state index in [0.717, 1.165) is 5.56 Å². The summed E-state index contributed by atoms with van der Waals surface area (Å²) in [6, 6.07) is 4.39. The molecule has 2 N–H and O–H groups in total. The Kier molecular flexibility index (Phi) is 5.66. The molecule has 1 rings (SSSR count). The standard InChI is InChI=1S/C13H16O6/c1-18-12(16)4-5-13(17)19-7-6-9-2-3-10(14)11(15)8-9/h2-3,8,14-15H,4-7H2,1H3. The number of rotatable bonds is 6. The average Bonchev–Trinajstić information content (AvgIpc) is 2.40. The zero-order valence-electron chi connectivity index (χ0n) is 10.6. The highest BCUT2D eigenvalue weighted by molar-refractivity contribution is 5.77. The summed E-state index contributed by atoms with van der Waals surface area (Å²) in [5, 5.41) is 18.4. The molecule has 19 heavy (non-hydrogen) atoms. The fourth-order valence-electron chi connectivity index (χ4n) is 1.39. The molecule has 6 heteroatoms. The van der Waals surface area contributed by atoms with Crippen molar-refractivity contribution in [3.05, 3.63) is 23.8 Å². The zero-order chi connectivity index (χ0) is 14.3. The molecule has 0 unspecified atom stereocenters. The van der Waals surface area contributed by atoms with Crippen LogP contribution in [0.3, 0.4) is 0 Å². The lowest BCUT2D eigenvalue weighted by molar-refractivity contribution is -0.148. The van der Waals surface area contributed by atoms with Crippen LogP contribution in [0.25, 0.3) is 0 Å². The van der Waals surface area contributed by atoms with E-state index in [1.807, 2.05) is 0 Å². The van der Waals surface area contributed by atoms with Crippen molar-refractivity contribution in [2.24, 2.45) is 0 Å². The first-order valence-electron chi connectivity index (χ1n) is 5.76. The van der Waals surface area contributed by atoms with E-state index in [0.29, 0.717) is 6.42 Å². The number of phenols is 2. The second-order valence-corrected chi connectivity index (χ2v) is 3.87. The number of esters is 2. The molecule has 0 amide bonds. The number of carbonyl (C=O) groups is 2. The number of phenolic OH excluding ortho intramolecular Hbond substituents is 2. The van der Waals surface area contributed by atoms with Crippen molar-refractivity contribution in [2.75, 3.05) is 13.7 Å². The summed E-state index contributed by atoms with van der Waals surface area (Å²) in [7, 11) is 1.25. The smallest absolute Gasteiger partial charge is 0.306 e. The van der Waals surface area contributed by atoms with Gasteiger partial charge in [0.2, 0.25) is 0 Å². The van der Waals surface area contributed by atoms with Gasteiger partial charge in [0, 0.05) is 6.42 Å². The molecule has 1 aromatic carbocycles. The number of carbonyl (C=O) groups excluding carboxylic acids is 2. The average molecular weight is 268 g/mol. The molecule has 1 aromatic rings. The van der Waals surface area contributed by atoms with E-state index in [9.17, 15) is 14.7 Å². The maximum Gasteiger partial charge on any atom is 0.306 e. The highest BCUT2D eigenvalue weighted by Gasteiger charge is 2.08. The van der Waals surface area contributed by atoms with Crippen molar-refractivity contribution in [1.29, 1.82) is 0 Å². The monoisotopic (exact) mass is 268 g/mol. The third-order valence-electron chi connectivity index (χ3n) is 2.45. The maximum absolute atomic E-state index is 11.3. The van der Waals surface area contributed by atoms with Crippen molar-refractivity contribution in [3.63, 3.8) is 0 Å². The molecule has 0 aliphatic heterocycles. The van der Waals surface area contributed by atoms with Gasteiger partial charge in [-0.25, -0.2) is 0 Å². The van der Waals surface area contributed by atoms with Gasteiger partial charge in [0.25, 0.3) is 0 Å². The molecule has 0 aliphatic rings. The van der Waals surface area contributed by atoms with Crippen molar-refractivity contribution in [1.82, 2.24) is 0 Å². The van der Waals surface area contributed by atoms with E-state index >= 15 is 0 Å². The number of aromatic hydroxyl groups is 2. The van der Waals surface area contributed by atoms with Crippen LogP contribution >= 0.6 is 0 Å². The van der Waals surface area contributed by atoms with Crippen LogP contribution in [0.4, 0.5) is 0 Å². The Morgan fingerprint density at radius 2 is 1.79 bits per heavy atom. The van der Waals surface area contributed by atoms with Crippen LogP contribution < -0.4 is 0 Å². The molecule has 0 aliphatic carbocycles. The van der Waals surface area contributed by atoms with Gasteiger partial charge in [-0.1, -0.05) is 6.07 Å². The number of hydrogen-bond donors (Lipinski definition) is 2. The van der Waals surface area contributed by atoms with Crippen molar-refractivity contribution < 1.29 is 29.3 Å². The molecular weight excluding hydrogens is 252 g/mol. The molecule has 104 valence electrons. The van der Waals surface area contributed by atoms with E-state index in [1.165, 1.54) is 19.2 Å². The van der Waals surface area contributed by atoms with Gasteiger partial charge in [0.1, 0.15) is 0 Å². The molecule has 0 saturated heterocycles. The van der Waals surface area contributed by atoms with E-state index in [1.54, 1.807) is 6.07 Å². The molecule has 0 saturated carbocycles. The second-order valence-electron chi connectivity index (χ2n) is 3.87. The Morgan fingerprint density at radius 1 is 1.11 bits per heavy atom. The lowest BCUT2D eigenvalue weighted by atomic mass is 10.1. The molecule has 0 bridgehead atoms. The van der Waals surface area contributed by atoms with Crippen LogP contribution in [0.5, 0.6) is 11.5 Å². The summed E-state index contributed by atoms with van der Waals surface area (Å²) in [5.74, 6) is -1.35. The number of benzene rings is 1. The quantitative estimate of drug-likeness (QED) is 0.593. The van der Waals surface area contributed by atoms with Crippen LogP contribution in [0.15, 0.2) is 18.2 Å². The second kappa shape index (κ2) is 7.25. The number of ether oxygens (including phenoxy) is 2. The number of hydrogen-bond acceptors (Lipinski definition) is 6. The minimum Gasteiger partial charge on any atom is -0.504 e. The molecule has 0 radical (unpaired) electrons. The van der Waals surface area contributed by atoms with Crippen LogP contribution in [0, 0.1) is 0 Å². The highest BCUT2D eigenvalue weighted by Crippen LogP contribution is 2.24.